The molecule has 0 saturated carbocycles. The molecular weight excluding hydrogens is 180 g/mol. The predicted molar refractivity (Wildman–Crippen MR) is 39.5 cm³/mol. The summed E-state index contributed by atoms with van der Waals surface area (Å²) >= 11 is 3.27. The molecule has 0 aliphatic carbocycles. The number of halogens is 1. The lowest BCUT2D eigenvalue weighted by Crippen LogP contribution is -1.76. The smallest absolute Gasteiger partial charge is 0.109 e. The third kappa shape index (κ3) is 1.80. The molecule has 2 heteroatoms. The fourth-order valence-electron chi connectivity index (χ4n) is 0.587. The van der Waals surface area contributed by atoms with Crippen molar-refractivity contribution in [1.29, 1.82) is 0 Å². The fourth-order valence-corrected chi connectivity index (χ4v) is 1.00. The Kier molecular flexibility index (Phi) is 2.25. The van der Waals surface area contributed by atoms with Crippen molar-refractivity contribution in [3.63, 3.8) is 0 Å². The lowest BCUT2D eigenvalue weighted by atomic mass is 10.2. The van der Waals surface area contributed by atoms with E-state index in [9.17, 15) is 0 Å². The van der Waals surface area contributed by atoms with Gasteiger partial charge in [-0.15, -0.1) is 0 Å². The molecule has 1 aromatic carbocycles. The topological polar surface area (TPSA) is 20.2 Å². The monoisotopic (exact) mass is 185 g/mol. The Labute approximate surface area is 62.5 Å². The first-order valence-electron chi connectivity index (χ1n) is 2.56. The van der Waals surface area contributed by atoms with Gasteiger partial charge in [0.25, 0.3) is 0 Å². The van der Waals surface area contributed by atoms with Gasteiger partial charge in [-0.05, 0) is 17.7 Å². The largest absolute Gasteiger partial charge is 0.385 e. The van der Waals surface area contributed by atoms with Gasteiger partial charge in [-0.1, -0.05) is 28.1 Å². The van der Waals surface area contributed by atoms with E-state index in [2.05, 4.69) is 15.9 Å². The van der Waals surface area contributed by atoms with Crippen LogP contribution in [0, 0.1) is 6.61 Å². The Morgan fingerprint density at radius 3 is 2.67 bits per heavy atom. The zero-order valence-corrected chi connectivity index (χ0v) is 6.30. The van der Waals surface area contributed by atoms with Crippen LogP contribution in [0.4, 0.5) is 0 Å². The van der Waals surface area contributed by atoms with Crippen LogP contribution in [0.3, 0.4) is 0 Å². The molecule has 1 aromatic rings. The average molecular weight is 186 g/mol. The first-order valence-corrected chi connectivity index (χ1v) is 3.35. The maximum atomic E-state index is 8.52. The van der Waals surface area contributed by atoms with E-state index in [1.54, 1.807) is 0 Å². The highest BCUT2D eigenvalue weighted by Gasteiger charge is 1.88. The van der Waals surface area contributed by atoms with Crippen LogP contribution in [0.5, 0.6) is 0 Å². The maximum Gasteiger partial charge on any atom is 0.109 e. The number of aliphatic hydroxyl groups is 1. The second-order valence-electron chi connectivity index (χ2n) is 1.68. The minimum Gasteiger partial charge on any atom is -0.385 e. The molecule has 47 valence electrons. The van der Waals surface area contributed by atoms with Gasteiger partial charge in [0.1, 0.15) is 6.61 Å². The molecule has 0 aliphatic rings. The lowest BCUT2D eigenvalue weighted by Gasteiger charge is -1.92. The highest BCUT2D eigenvalue weighted by molar-refractivity contribution is 9.10. The molecule has 0 fully saturated rings. The molecule has 0 bridgehead atoms. The highest BCUT2D eigenvalue weighted by atomic mass is 79.9. The predicted octanol–water partition coefficient (Wildman–Crippen LogP) is 2.33. The molecule has 0 aliphatic heterocycles. The first kappa shape index (κ1) is 6.78. The van der Waals surface area contributed by atoms with Crippen molar-refractivity contribution in [2.45, 2.75) is 0 Å². The summed E-state index contributed by atoms with van der Waals surface area (Å²) in [6.45, 7) is 1.07. The maximum absolute atomic E-state index is 8.52. The molecule has 1 rings (SSSR count). The standard InChI is InChI=1S/C7H6BrO/c8-7-3-1-2-6(4-7)5-9/h1-5,9H. The van der Waals surface area contributed by atoms with Crippen molar-refractivity contribution in [1.82, 2.24) is 0 Å². The Bertz CT molecular complexity index is 198. The number of benzene rings is 1. The summed E-state index contributed by atoms with van der Waals surface area (Å²) in [6, 6.07) is 7.43. The molecule has 0 spiro atoms. The Hall–Kier alpha value is -0.340. The molecule has 1 nitrogen and oxygen atoms in total. The SMILES string of the molecule is O[CH]c1cccc(Br)c1. The van der Waals surface area contributed by atoms with Gasteiger partial charge in [-0.3, -0.25) is 0 Å². The summed E-state index contributed by atoms with van der Waals surface area (Å²) in [5.41, 5.74) is 0.810. The fraction of sp³-hybridized carbons (Fsp3) is 0. The molecule has 1 N–H and O–H groups in total. The second kappa shape index (κ2) is 2.99. The van der Waals surface area contributed by atoms with Crippen molar-refractivity contribution in [2.75, 3.05) is 0 Å². The first-order chi connectivity index (χ1) is 4.33. The molecular formula is C7H6BrO. The van der Waals surface area contributed by atoms with E-state index in [1.807, 2.05) is 24.3 Å². The Morgan fingerprint density at radius 1 is 1.44 bits per heavy atom. The van der Waals surface area contributed by atoms with E-state index >= 15 is 0 Å². The molecule has 0 atom stereocenters. The minimum atomic E-state index is 0.810. The van der Waals surface area contributed by atoms with Crippen molar-refractivity contribution in [3.8, 4) is 0 Å². The van der Waals surface area contributed by atoms with Crippen molar-refractivity contribution in [3.05, 3.63) is 40.9 Å². The van der Waals surface area contributed by atoms with Gasteiger partial charge in [0.2, 0.25) is 0 Å². The third-order valence-electron chi connectivity index (χ3n) is 0.998. The molecule has 0 amide bonds. The summed E-state index contributed by atoms with van der Waals surface area (Å²) in [5, 5.41) is 8.52. The third-order valence-corrected chi connectivity index (χ3v) is 1.49. The molecule has 9 heavy (non-hydrogen) atoms. The van der Waals surface area contributed by atoms with Gasteiger partial charge in [0.15, 0.2) is 0 Å². The van der Waals surface area contributed by atoms with Gasteiger partial charge in [0.05, 0.1) is 0 Å². The zero-order valence-electron chi connectivity index (χ0n) is 4.71. The van der Waals surface area contributed by atoms with Crippen LogP contribution in [-0.4, -0.2) is 5.11 Å². The second-order valence-corrected chi connectivity index (χ2v) is 2.60. The minimum absolute atomic E-state index is 0.810. The van der Waals surface area contributed by atoms with Gasteiger partial charge in [-0.2, -0.15) is 0 Å². The van der Waals surface area contributed by atoms with Crippen molar-refractivity contribution >= 4 is 15.9 Å². The molecule has 1 radical (unpaired) electrons. The average Bonchev–Trinajstić information content (AvgIpc) is 1.88. The van der Waals surface area contributed by atoms with E-state index in [4.69, 9.17) is 5.11 Å². The van der Waals surface area contributed by atoms with Gasteiger partial charge < -0.3 is 5.11 Å². The summed E-state index contributed by atoms with van der Waals surface area (Å²) in [4.78, 5) is 0. The normalized spacial score (nSPS) is 9.56. The quantitative estimate of drug-likeness (QED) is 0.713. The number of hydrogen-bond acceptors (Lipinski definition) is 1. The lowest BCUT2D eigenvalue weighted by molar-refractivity contribution is 0.415. The van der Waals surface area contributed by atoms with Crippen LogP contribution in [0.15, 0.2) is 28.7 Å². The van der Waals surface area contributed by atoms with E-state index < -0.39 is 0 Å². The molecule has 0 heterocycles. The van der Waals surface area contributed by atoms with E-state index in [1.165, 1.54) is 0 Å². The van der Waals surface area contributed by atoms with Crippen LogP contribution in [0.25, 0.3) is 0 Å². The number of rotatable bonds is 1. The Balaban J connectivity index is 2.94. The molecule has 0 aromatic heterocycles. The number of aliphatic hydroxyl groups excluding tert-OH is 1. The molecule has 0 saturated heterocycles. The molecule has 0 unspecified atom stereocenters. The summed E-state index contributed by atoms with van der Waals surface area (Å²) in [7, 11) is 0. The van der Waals surface area contributed by atoms with Crippen LogP contribution >= 0.6 is 15.9 Å². The van der Waals surface area contributed by atoms with E-state index in [-0.39, 0.29) is 0 Å². The summed E-state index contributed by atoms with van der Waals surface area (Å²) in [6.07, 6.45) is 0. The highest BCUT2D eigenvalue weighted by Crippen LogP contribution is 2.11. The van der Waals surface area contributed by atoms with Crippen LogP contribution < -0.4 is 0 Å². The van der Waals surface area contributed by atoms with E-state index in [0.29, 0.717) is 0 Å². The van der Waals surface area contributed by atoms with Crippen LogP contribution in [0.1, 0.15) is 5.56 Å². The zero-order chi connectivity index (χ0) is 6.69. The van der Waals surface area contributed by atoms with E-state index in [0.717, 1.165) is 16.6 Å². The van der Waals surface area contributed by atoms with Crippen LogP contribution in [0.2, 0.25) is 0 Å². The van der Waals surface area contributed by atoms with Crippen molar-refractivity contribution < 1.29 is 5.11 Å². The van der Waals surface area contributed by atoms with Crippen LogP contribution in [-0.2, 0) is 0 Å². The summed E-state index contributed by atoms with van der Waals surface area (Å²) < 4.78 is 0.977. The van der Waals surface area contributed by atoms with Gasteiger partial charge >= 0.3 is 0 Å². The van der Waals surface area contributed by atoms with Crippen molar-refractivity contribution in [2.24, 2.45) is 0 Å². The van der Waals surface area contributed by atoms with Gasteiger partial charge in [-0.25, -0.2) is 0 Å². The van der Waals surface area contributed by atoms with Gasteiger partial charge in [0, 0.05) is 4.47 Å². The summed E-state index contributed by atoms with van der Waals surface area (Å²) in [5.74, 6) is 0. The Morgan fingerprint density at radius 2 is 2.22 bits per heavy atom. The number of hydrogen-bond donors (Lipinski definition) is 1.